The Balaban J connectivity index is 0.000000253. The lowest BCUT2D eigenvalue weighted by atomic mass is 9.71. The number of nitrogens with one attached hydrogen (secondary N) is 2. The molecule has 0 radical (unpaired) electrons. The first-order chi connectivity index (χ1) is 34.5. The van der Waals surface area contributed by atoms with Crippen molar-refractivity contribution in [1.82, 2.24) is 25.3 Å². The average molecular weight is 1070 g/mol. The third kappa shape index (κ3) is 18.3. The lowest BCUT2D eigenvalue weighted by Gasteiger charge is -2.56. The van der Waals surface area contributed by atoms with E-state index in [0.717, 1.165) is 83.7 Å². The van der Waals surface area contributed by atoms with Crippen LogP contribution >= 0.6 is 0 Å². The van der Waals surface area contributed by atoms with E-state index in [0.29, 0.717) is 37.8 Å². The smallest absolute Gasteiger partial charge is 0.257 e. The monoisotopic (exact) mass is 1070 g/mol. The van der Waals surface area contributed by atoms with Gasteiger partial charge in [0.15, 0.2) is 13.9 Å². The molecule has 0 bridgehead atoms. The highest BCUT2D eigenvalue weighted by Gasteiger charge is 2.65. The highest BCUT2D eigenvalue weighted by Crippen LogP contribution is 2.53. The van der Waals surface area contributed by atoms with Gasteiger partial charge in [0.05, 0.1) is 12.2 Å². The van der Waals surface area contributed by atoms with Crippen molar-refractivity contribution >= 4 is 26.0 Å². The van der Waals surface area contributed by atoms with Gasteiger partial charge in [0.1, 0.15) is 5.72 Å². The molecule has 0 aromatic heterocycles. The van der Waals surface area contributed by atoms with Gasteiger partial charge in [-0.15, -0.1) is 0 Å². The molecule has 4 atom stereocenters. The highest BCUT2D eigenvalue weighted by molar-refractivity contribution is 6.71. The van der Waals surface area contributed by atoms with Gasteiger partial charge in [0, 0.05) is 84.2 Å². The van der Waals surface area contributed by atoms with Crippen molar-refractivity contribution in [3.63, 3.8) is 0 Å². The average Bonchev–Trinajstić information content (AvgIpc) is 3.61. The van der Waals surface area contributed by atoms with E-state index in [1.54, 1.807) is 4.90 Å². The predicted octanol–water partition coefficient (Wildman–Crippen LogP) is 12.9. The SMILES string of the molecule is CCC(C)CCC1C(=O)N(C2CC(C)(C)NC(C)(C)C2)C(=O)C1C.CCC(O)CN1C(=O)C2(CC(C)(C)N(C)C(C)(C)C2)OC12CCCCCCCCCCC2.CO[Si](C)(C)CCCOC1CC(C)(C)NC(C)(C)C1. The van der Waals surface area contributed by atoms with Gasteiger partial charge in [0.2, 0.25) is 11.8 Å². The molecule has 5 aliphatic heterocycles. The third-order valence-corrected chi connectivity index (χ3v) is 21.4. The molecule has 0 aromatic rings. The Morgan fingerprint density at radius 3 is 1.64 bits per heavy atom. The van der Waals surface area contributed by atoms with Crippen LogP contribution in [0.5, 0.6) is 0 Å². The first kappa shape index (κ1) is 66.1. The van der Waals surface area contributed by atoms with Crippen LogP contribution in [0.25, 0.3) is 0 Å². The van der Waals surface area contributed by atoms with E-state index >= 15 is 0 Å². The molecule has 6 rings (SSSR count). The van der Waals surface area contributed by atoms with Crippen LogP contribution in [0.2, 0.25) is 19.1 Å². The van der Waals surface area contributed by atoms with Gasteiger partial charge in [-0.05, 0) is 192 Å². The molecule has 1 saturated carbocycles. The number of hydrogen-bond donors (Lipinski definition) is 3. The van der Waals surface area contributed by atoms with Crippen molar-refractivity contribution in [3.05, 3.63) is 0 Å². The van der Waals surface area contributed by atoms with Crippen molar-refractivity contribution in [2.45, 2.75) is 334 Å². The van der Waals surface area contributed by atoms with Crippen molar-refractivity contribution < 1.29 is 33.4 Å². The van der Waals surface area contributed by atoms with Gasteiger partial charge in [-0.2, -0.15) is 0 Å². The van der Waals surface area contributed by atoms with Crippen LogP contribution in [0.4, 0.5) is 0 Å². The maximum Gasteiger partial charge on any atom is 0.257 e. The zero-order chi connectivity index (χ0) is 56.6. The highest BCUT2D eigenvalue weighted by atomic mass is 28.4. The maximum absolute atomic E-state index is 14.2. The third-order valence-electron chi connectivity index (χ3n) is 18.7. The number of likely N-dealkylation sites (tertiary alicyclic amines) is 2. The summed E-state index contributed by atoms with van der Waals surface area (Å²) in [5.41, 5.74) is -1.40. The lowest BCUT2D eigenvalue weighted by Crippen LogP contribution is -2.66. The quantitative estimate of drug-likeness (QED) is 0.0877. The minimum Gasteiger partial charge on any atom is -0.420 e. The normalized spacial score (nSPS) is 28.7. The molecule has 5 saturated heterocycles. The summed E-state index contributed by atoms with van der Waals surface area (Å²) in [7, 11) is 2.60. The molecule has 12 nitrogen and oxygen atoms in total. The Bertz CT molecular complexity index is 1770. The first-order valence-corrected chi connectivity index (χ1v) is 33.7. The van der Waals surface area contributed by atoms with Gasteiger partial charge >= 0.3 is 0 Å². The standard InChI is InChI=1S/C27H50N2O3.C20H36N2O2.C15H33NO2Si/c1-7-22(30)19-29-23(31)26(20-24(2,3)28(6)25(4,5)21-26)32-27(29)17-15-13-11-9-8-10-12-14-16-18-27;1-8-13(2)9-10-16-14(3)17(23)22(18(16)24)15-11-19(4,5)21-20(6,7)12-15;1-14(2)11-13(12-15(3,4)16-14)18-9-8-10-19(6,7)17-5/h22,30H,7-21H2,1-6H3;13-16,21H,8-12H2,1-7H3;13,16H,8-12H2,1-7H3. The Kier molecular flexibility index (Phi) is 23.3. The molecule has 2 spiro atoms. The fourth-order valence-corrected chi connectivity index (χ4v) is 15.9. The van der Waals surface area contributed by atoms with Crippen molar-refractivity contribution in [3.8, 4) is 0 Å². The van der Waals surface area contributed by atoms with Gasteiger partial charge in [-0.3, -0.25) is 24.2 Å². The largest absolute Gasteiger partial charge is 0.420 e. The van der Waals surface area contributed by atoms with Crippen LogP contribution in [0.15, 0.2) is 0 Å². The summed E-state index contributed by atoms with van der Waals surface area (Å²) in [5.74, 6) is 0.592. The number of rotatable bonds is 14. The molecule has 4 unspecified atom stereocenters. The topological polar surface area (TPSA) is 133 Å². The van der Waals surface area contributed by atoms with E-state index < -0.39 is 25.7 Å². The number of aliphatic hydroxyl groups excluding tert-OH is 1. The number of aliphatic hydroxyl groups is 1. The molecule has 3 N–H and O–H groups in total. The molecule has 5 heterocycles. The maximum atomic E-state index is 14.2. The summed E-state index contributed by atoms with van der Waals surface area (Å²) in [5, 5.41) is 18.0. The van der Waals surface area contributed by atoms with E-state index in [9.17, 15) is 19.5 Å². The number of nitrogens with zero attached hydrogens (tertiary/aromatic N) is 3. The van der Waals surface area contributed by atoms with Gasteiger partial charge in [0.25, 0.3) is 5.91 Å². The van der Waals surface area contributed by atoms with Crippen LogP contribution in [-0.4, -0.2) is 136 Å². The number of piperidine rings is 3. The molecule has 1 aliphatic carbocycles. The Hall–Kier alpha value is -1.45. The van der Waals surface area contributed by atoms with E-state index in [-0.39, 0.29) is 68.8 Å². The number of carbonyl (C=O) groups is 3. The van der Waals surface area contributed by atoms with Gasteiger partial charge < -0.3 is 34.5 Å². The number of β-amino-alcohol motifs (C(OH)–C–C–N with tert-alkyl or cyclic N) is 1. The molecule has 6 aliphatic rings. The predicted molar refractivity (Wildman–Crippen MR) is 312 cm³/mol. The Morgan fingerprint density at radius 2 is 1.19 bits per heavy atom. The summed E-state index contributed by atoms with van der Waals surface area (Å²) >= 11 is 0. The van der Waals surface area contributed by atoms with Crippen molar-refractivity contribution in [1.29, 1.82) is 0 Å². The molecule has 13 heteroatoms. The Morgan fingerprint density at radius 1 is 0.720 bits per heavy atom. The molecule has 3 amide bonds. The van der Waals surface area contributed by atoms with E-state index in [4.69, 9.17) is 13.9 Å². The first-order valence-electron chi connectivity index (χ1n) is 30.6. The number of amides is 3. The second-order valence-electron chi connectivity index (χ2n) is 29.6. The molecular formula is C62H119N5O7Si. The molecule has 438 valence electrons. The summed E-state index contributed by atoms with van der Waals surface area (Å²) in [6.07, 6.45) is 22.9. The number of imide groups is 1. The fraction of sp³-hybridized carbons (Fsp3) is 0.952. The zero-order valence-corrected chi connectivity index (χ0v) is 53.4. The van der Waals surface area contributed by atoms with Crippen LogP contribution in [-0.2, 0) is 28.3 Å². The molecule has 0 aromatic carbocycles. The van der Waals surface area contributed by atoms with Crippen LogP contribution < -0.4 is 10.6 Å². The van der Waals surface area contributed by atoms with Gasteiger partial charge in [-0.25, -0.2) is 0 Å². The number of hydrogen-bond acceptors (Lipinski definition) is 10. The fourth-order valence-electron chi connectivity index (χ4n) is 14.7. The van der Waals surface area contributed by atoms with Crippen LogP contribution in [0, 0.1) is 17.8 Å². The van der Waals surface area contributed by atoms with E-state index in [2.05, 4.69) is 133 Å². The van der Waals surface area contributed by atoms with Gasteiger partial charge in [-0.1, -0.05) is 79.1 Å². The van der Waals surface area contributed by atoms with E-state index in [1.165, 1.54) is 51.0 Å². The Labute approximate surface area is 461 Å². The summed E-state index contributed by atoms with van der Waals surface area (Å²) < 4.78 is 18.8. The lowest BCUT2D eigenvalue weighted by molar-refractivity contribution is -0.198. The molecule has 75 heavy (non-hydrogen) atoms. The van der Waals surface area contributed by atoms with Crippen LogP contribution in [0.1, 0.15) is 252 Å². The second kappa shape index (κ2) is 26.4. The molecule has 6 fully saturated rings. The molecular weight excluding hydrogens is 955 g/mol. The zero-order valence-electron chi connectivity index (χ0n) is 52.4. The van der Waals surface area contributed by atoms with E-state index in [1.807, 2.05) is 25.9 Å². The second-order valence-corrected chi connectivity index (χ2v) is 34.0. The minimum absolute atomic E-state index is 0.0206. The minimum atomic E-state index is -1.41. The number of carbonyl (C=O) groups excluding carboxylic acids is 3. The van der Waals surface area contributed by atoms with Crippen molar-refractivity contribution in [2.75, 3.05) is 27.3 Å². The number of ether oxygens (including phenoxy) is 2. The summed E-state index contributed by atoms with van der Waals surface area (Å²) in [4.78, 5) is 46.2. The summed E-state index contributed by atoms with van der Waals surface area (Å²) in [6.45, 7) is 40.8. The summed E-state index contributed by atoms with van der Waals surface area (Å²) in [6, 6.07) is 1.20. The van der Waals surface area contributed by atoms with Crippen molar-refractivity contribution in [2.24, 2.45) is 17.8 Å². The van der Waals surface area contributed by atoms with Crippen LogP contribution in [0.3, 0.4) is 0 Å².